The first-order valence-corrected chi connectivity index (χ1v) is 8.39. The van der Waals surface area contributed by atoms with Gasteiger partial charge in [-0.05, 0) is 30.2 Å². The van der Waals surface area contributed by atoms with Gasteiger partial charge in [0.25, 0.3) is 5.91 Å². The summed E-state index contributed by atoms with van der Waals surface area (Å²) in [6.45, 7) is 2.55. The van der Waals surface area contributed by atoms with Crippen molar-refractivity contribution in [3.63, 3.8) is 0 Å². The highest BCUT2D eigenvalue weighted by molar-refractivity contribution is 6.30. The van der Waals surface area contributed by atoms with Crippen LogP contribution in [0.3, 0.4) is 0 Å². The SMILES string of the molecule is CC(c1ccc(Cl)cc1)N(C)C(=O)c1cn(Cc2ccccc2)nn1. The minimum atomic E-state index is -0.165. The molecule has 0 aliphatic carbocycles. The molecule has 5 nitrogen and oxygen atoms in total. The molecule has 1 unspecified atom stereocenters. The molecule has 1 atom stereocenters. The lowest BCUT2D eigenvalue weighted by Crippen LogP contribution is -2.30. The molecule has 0 aliphatic rings. The molecule has 0 saturated heterocycles. The Kier molecular flexibility index (Phi) is 5.14. The number of nitrogens with zero attached hydrogens (tertiary/aromatic N) is 4. The Bertz CT molecular complexity index is 845. The van der Waals surface area contributed by atoms with E-state index in [0.717, 1.165) is 11.1 Å². The zero-order valence-electron chi connectivity index (χ0n) is 14.1. The monoisotopic (exact) mass is 354 g/mol. The fourth-order valence-corrected chi connectivity index (χ4v) is 2.69. The summed E-state index contributed by atoms with van der Waals surface area (Å²) in [7, 11) is 1.76. The van der Waals surface area contributed by atoms with Gasteiger partial charge in [0.1, 0.15) is 0 Å². The minimum absolute atomic E-state index is 0.0935. The third kappa shape index (κ3) is 4.06. The number of benzene rings is 2. The van der Waals surface area contributed by atoms with Crippen molar-refractivity contribution >= 4 is 17.5 Å². The van der Waals surface area contributed by atoms with Crippen LogP contribution in [0.25, 0.3) is 0 Å². The highest BCUT2D eigenvalue weighted by atomic mass is 35.5. The van der Waals surface area contributed by atoms with Crippen LogP contribution in [-0.4, -0.2) is 32.8 Å². The van der Waals surface area contributed by atoms with Crippen molar-refractivity contribution in [1.82, 2.24) is 19.9 Å². The van der Waals surface area contributed by atoms with Gasteiger partial charge in [0.2, 0.25) is 0 Å². The van der Waals surface area contributed by atoms with Crippen molar-refractivity contribution in [1.29, 1.82) is 0 Å². The smallest absolute Gasteiger partial charge is 0.276 e. The van der Waals surface area contributed by atoms with E-state index in [2.05, 4.69) is 10.3 Å². The maximum atomic E-state index is 12.7. The molecule has 6 heteroatoms. The van der Waals surface area contributed by atoms with Crippen molar-refractivity contribution in [3.05, 3.63) is 82.6 Å². The summed E-state index contributed by atoms with van der Waals surface area (Å²) >= 11 is 5.92. The van der Waals surface area contributed by atoms with Crippen molar-refractivity contribution < 1.29 is 4.79 Å². The molecule has 1 aromatic heterocycles. The third-order valence-corrected chi connectivity index (χ3v) is 4.45. The summed E-state index contributed by atoms with van der Waals surface area (Å²) in [4.78, 5) is 14.3. The van der Waals surface area contributed by atoms with Crippen LogP contribution in [-0.2, 0) is 6.54 Å². The Balaban J connectivity index is 1.71. The van der Waals surface area contributed by atoms with E-state index in [0.29, 0.717) is 17.3 Å². The normalized spacial score (nSPS) is 12.0. The topological polar surface area (TPSA) is 51.0 Å². The van der Waals surface area contributed by atoms with Crippen LogP contribution in [0.15, 0.2) is 60.8 Å². The summed E-state index contributed by atoms with van der Waals surface area (Å²) in [5.41, 5.74) is 2.45. The first-order valence-electron chi connectivity index (χ1n) is 8.01. The molecule has 0 radical (unpaired) electrons. The predicted molar refractivity (Wildman–Crippen MR) is 97.5 cm³/mol. The average Bonchev–Trinajstić information content (AvgIpc) is 3.10. The van der Waals surface area contributed by atoms with Crippen LogP contribution >= 0.6 is 11.6 Å². The van der Waals surface area contributed by atoms with Crippen LogP contribution < -0.4 is 0 Å². The number of hydrogen-bond donors (Lipinski definition) is 0. The molecular weight excluding hydrogens is 336 g/mol. The lowest BCUT2D eigenvalue weighted by molar-refractivity contribution is 0.0736. The van der Waals surface area contributed by atoms with E-state index in [1.807, 2.05) is 61.5 Å². The zero-order valence-corrected chi connectivity index (χ0v) is 14.9. The summed E-state index contributed by atoms with van der Waals surface area (Å²) in [5.74, 6) is -0.165. The molecule has 0 bridgehead atoms. The van der Waals surface area contributed by atoms with Crippen LogP contribution in [0.5, 0.6) is 0 Å². The van der Waals surface area contributed by atoms with Crippen LogP contribution in [0.1, 0.15) is 34.6 Å². The maximum Gasteiger partial charge on any atom is 0.276 e. The molecule has 0 spiro atoms. The predicted octanol–water partition coefficient (Wildman–Crippen LogP) is 3.81. The van der Waals surface area contributed by atoms with Crippen molar-refractivity contribution in [2.24, 2.45) is 0 Å². The Morgan fingerprint density at radius 1 is 1.16 bits per heavy atom. The van der Waals surface area contributed by atoms with Gasteiger partial charge in [-0.3, -0.25) is 4.79 Å². The molecule has 3 rings (SSSR count). The molecule has 3 aromatic rings. The maximum absolute atomic E-state index is 12.7. The first-order chi connectivity index (χ1) is 12.0. The van der Waals surface area contributed by atoms with Crippen LogP contribution in [0, 0.1) is 0 Å². The fraction of sp³-hybridized carbons (Fsp3) is 0.211. The number of amides is 1. The largest absolute Gasteiger partial charge is 0.334 e. The van der Waals surface area contributed by atoms with E-state index in [1.54, 1.807) is 22.8 Å². The van der Waals surface area contributed by atoms with Gasteiger partial charge in [0.15, 0.2) is 5.69 Å². The molecular formula is C19H19ClN4O. The van der Waals surface area contributed by atoms with E-state index in [-0.39, 0.29) is 11.9 Å². The Morgan fingerprint density at radius 3 is 2.52 bits per heavy atom. The van der Waals surface area contributed by atoms with Gasteiger partial charge >= 0.3 is 0 Å². The van der Waals surface area contributed by atoms with Gasteiger partial charge in [-0.2, -0.15) is 0 Å². The second-order valence-electron chi connectivity index (χ2n) is 5.93. The second kappa shape index (κ2) is 7.49. The van der Waals surface area contributed by atoms with E-state index in [4.69, 9.17) is 11.6 Å². The lowest BCUT2D eigenvalue weighted by atomic mass is 10.1. The van der Waals surface area contributed by atoms with Crippen LogP contribution in [0.4, 0.5) is 0 Å². The number of rotatable bonds is 5. The van der Waals surface area contributed by atoms with E-state index in [9.17, 15) is 4.79 Å². The summed E-state index contributed by atoms with van der Waals surface area (Å²) < 4.78 is 1.67. The number of carbonyl (C=O) groups is 1. The molecule has 1 heterocycles. The van der Waals surface area contributed by atoms with Gasteiger partial charge in [-0.15, -0.1) is 5.10 Å². The summed E-state index contributed by atoms with van der Waals surface area (Å²) in [5, 5.41) is 8.76. The third-order valence-electron chi connectivity index (χ3n) is 4.20. The molecule has 2 aromatic carbocycles. The van der Waals surface area contributed by atoms with Gasteiger partial charge in [0, 0.05) is 12.1 Å². The Morgan fingerprint density at radius 2 is 1.84 bits per heavy atom. The number of halogens is 1. The molecule has 0 aliphatic heterocycles. The molecule has 128 valence electrons. The molecule has 1 amide bonds. The summed E-state index contributed by atoms with van der Waals surface area (Å²) in [6, 6.07) is 17.3. The molecule has 0 saturated carbocycles. The highest BCUT2D eigenvalue weighted by Crippen LogP contribution is 2.22. The van der Waals surface area contributed by atoms with Crippen molar-refractivity contribution in [2.75, 3.05) is 7.05 Å². The van der Waals surface area contributed by atoms with E-state index >= 15 is 0 Å². The van der Waals surface area contributed by atoms with Gasteiger partial charge < -0.3 is 4.90 Å². The van der Waals surface area contributed by atoms with E-state index in [1.165, 1.54) is 0 Å². The van der Waals surface area contributed by atoms with Gasteiger partial charge in [0.05, 0.1) is 18.8 Å². The quantitative estimate of drug-likeness (QED) is 0.700. The average molecular weight is 355 g/mol. The molecule has 0 N–H and O–H groups in total. The standard InChI is InChI=1S/C19H19ClN4O/c1-14(16-8-10-17(20)11-9-16)23(2)19(25)18-13-24(22-21-18)12-15-6-4-3-5-7-15/h3-11,13-14H,12H2,1-2H3. The Labute approximate surface area is 151 Å². The Hall–Kier alpha value is -2.66. The fourth-order valence-electron chi connectivity index (χ4n) is 2.57. The van der Waals surface area contributed by atoms with Crippen molar-refractivity contribution in [3.8, 4) is 0 Å². The van der Waals surface area contributed by atoms with Gasteiger partial charge in [-0.1, -0.05) is 59.3 Å². The minimum Gasteiger partial charge on any atom is -0.334 e. The zero-order chi connectivity index (χ0) is 17.8. The highest BCUT2D eigenvalue weighted by Gasteiger charge is 2.21. The number of aromatic nitrogens is 3. The van der Waals surface area contributed by atoms with E-state index < -0.39 is 0 Å². The summed E-state index contributed by atoms with van der Waals surface area (Å²) in [6.07, 6.45) is 1.68. The van der Waals surface area contributed by atoms with Crippen LogP contribution in [0.2, 0.25) is 5.02 Å². The lowest BCUT2D eigenvalue weighted by Gasteiger charge is -2.24. The first kappa shape index (κ1) is 17.2. The van der Waals surface area contributed by atoms with Gasteiger partial charge in [-0.25, -0.2) is 4.68 Å². The van der Waals surface area contributed by atoms with Crippen molar-refractivity contribution in [2.45, 2.75) is 19.5 Å². The molecule has 0 fully saturated rings. The second-order valence-corrected chi connectivity index (χ2v) is 6.37. The number of hydrogen-bond acceptors (Lipinski definition) is 3. The number of carbonyl (C=O) groups excluding carboxylic acids is 1. The molecule has 25 heavy (non-hydrogen) atoms.